The molecule has 2 atom stereocenters. The van der Waals surface area contributed by atoms with Crippen molar-refractivity contribution in [3.8, 4) is 0 Å². The van der Waals surface area contributed by atoms with E-state index >= 15 is 0 Å². The number of carbonyl (C=O) groups is 1. The molecule has 2 radical (unpaired) electrons. The Bertz CT molecular complexity index is 334. The van der Waals surface area contributed by atoms with Crippen LogP contribution in [-0.4, -0.2) is 36.8 Å². The van der Waals surface area contributed by atoms with Gasteiger partial charge in [-0.1, -0.05) is 30.3 Å². The molecule has 0 bridgehead atoms. The molecule has 0 saturated heterocycles. The lowest BCUT2D eigenvalue weighted by molar-refractivity contribution is 0.151. The second kappa shape index (κ2) is 6.56. The van der Waals surface area contributed by atoms with Gasteiger partial charge in [0.15, 0.2) is 5.81 Å². The lowest BCUT2D eigenvalue weighted by atomic mass is 10.00. The van der Waals surface area contributed by atoms with E-state index in [2.05, 4.69) is 5.32 Å². The van der Waals surface area contributed by atoms with Crippen LogP contribution in [-0.2, 0) is 6.42 Å². The van der Waals surface area contributed by atoms with Gasteiger partial charge < -0.3 is 10.4 Å². The van der Waals surface area contributed by atoms with E-state index in [4.69, 9.17) is 19.4 Å². The van der Waals surface area contributed by atoms with Gasteiger partial charge in [-0.2, -0.15) is 0 Å². The molecule has 1 aromatic carbocycles. The second-order valence-corrected chi connectivity index (χ2v) is 3.84. The number of hydrogen-bond donors (Lipinski definition) is 2. The predicted molar refractivity (Wildman–Crippen MR) is 64.9 cm³/mol. The summed E-state index contributed by atoms with van der Waals surface area (Å²) in [7, 11) is 5.04. The fourth-order valence-corrected chi connectivity index (χ4v) is 1.66. The van der Waals surface area contributed by atoms with Crippen LogP contribution in [0.4, 0.5) is 4.79 Å². The van der Waals surface area contributed by atoms with Crippen molar-refractivity contribution < 1.29 is 9.90 Å². The first-order valence-electron chi connectivity index (χ1n) is 4.97. The van der Waals surface area contributed by atoms with Gasteiger partial charge in [0.2, 0.25) is 7.85 Å². The van der Waals surface area contributed by atoms with Gasteiger partial charge in [0.25, 0.3) is 0 Å². The van der Waals surface area contributed by atoms with Crippen LogP contribution >= 0.6 is 11.6 Å². The number of benzene rings is 1. The lowest BCUT2D eigenvalue weighted by Gasteiger charge is -2.22. The minimum absolute atomic E-state index is 0.0534. The second-order valence-electron chi connectivity index (χ2n) is 3.53. The van der Waals surface area contributed by atoms with Gasteiger partial charge in [-0.05, 0) is 12.0 Å². The van der Waals surface area contributed by atoms with Crippen molar-refractivity contribution in [2.75, 3.05) is 5.88 Å². The maximum atomic E-state index is 10.8. The van der Waals surface area contributed by atoms with E-state index in [9.17, 15) is 9.90 Å². The Morgan fingerprint density at radius 1 is 1.44 bits per heavy atom. The number of halogens is 1. The monoisotopic (exact) mass is 237 g/mol. The Morgan fingerprint density at radius 2 is 2.06 bits per heavy atom. The van der Waals surface area contributed by atoms with Gasteiger partial charge in [0, 0.05) is 0 Å². The fourth-order valence-electron chi connectivity index (χ4n) is 1.44. The minimum Gasteiger partial charge on any atom is -0.390 e. The third kappa shape index (κ3) is 4.25. The number of carbonyl (C=O) groups excluding carboxylic acids is 1. The Morgan fingerprint density at radius 3 is 2.56 bits per heavy atom. The van der Waals surface area contributed by atoms with E-state index < -0.39 is 18.0 Å². The minimum atomic E-state index is -0.811. The van der Waals surface area contributed by atoms with Crippen LogP contribution in [0.25, 0.3) is 0 Å². The Hall–Kier alpha value is -0.995. The maximum Gasteiger partial charge on any atom is 0.200 e. The third-order valence-electron chi connectivity index (χ3n) is 2.25. The average molecular weight is 237 g/mol. The summed E-state index contributed by atoms with van der Waals surface area (Å²) < 4.78 is 0. The molecular formula is C11H13BClNO2. The summed E-state index contributed by atoms with van der Waals surface area (Å²) in [5.74, 6) is -0.609. The van der Waals surface area contributed by atoms with Crippen molar-refractivity contribution in [2.45, 2.75) is 18.6 Å². The van der Waals surface area contributed by atoms with Crippen molar-refractivity contribution in [2.24, 2.45) is 0 Å². The molecule has 3 nitrogen and oxygen atoms in total. The van der Waals surface area contributed by atoms with Crippen LogP contribution in [0.3, 0.4) is 0 Å². The highest BCUT2D eigenvalue weighted by molar-refractivity contribution is 6.57. The van der Waals surface area contributed by atoms with Gasteiger partial charge >= 0.3 is 0 Å². The molecule has 2 N–H and O–H groups in total. The van der Waals surface area contributed by atoms with Gasteiger partial charge in [-0.25, -0.2) is 0 Å². The summed E-state index contributed by atoms with van der Waals surface area (Å²) in [6.45, 7) is 0. The summed E-state index contributed by atoms with van der Waals surface area (Å²) in [6.07, 6.45) is -0.313. The van der Waals surface area contributed by atoms with Crippen LogP contribution in [0.2, 0.25) is 0 Å². The van der Waals surface area contributed by atoms with E-state index in [0.29, 0.717) is 6.42 Å². The van der Waals surface area contributed by atoms with Crippen LogP contribution in [0.15, 0.2) is 30.3 Å². The first-order valence-corrected chi connectivity index (χ1v) is 5.51. The SMILES string of the molecule is [B]C(=O)N[C@H](Cc1ccccc1)[C@@H](O)CCl. The summed E-state index contributed by atoms with van der Waals surface area (Å²) in [6, 6.07) is 9.05. The largest absolute Gasteiger partial charge is 0.390 e. The summed E-state index contributed by atoms with van der Waals surface area (Å²) in [5.41, 5.74) is 1.01. The zero-order chi connectivity index (χ0) is 12.0. The zero-order valence-electron chi connectivity index (χ0n) is 8.77. The molecule has 5 heteroatoms. The zero-order valence-corrected chi connectivity index (χ0v) is 9.52. The molecule has 1 aromatic rings. The van der Waals surface area contributed by atoms with Crippen molar-refractivity contribution in [1.82, 2.24) is 5.32 Å². The molecule has 1 amide bonds. The van der Waals surface area contributed by atoms with E-state index in [1.165, 1.54) is 0 Å². The van der Waals surface area contributed by atoms with Crippen molar-refractivity contribution in [1.29, 1.82) is 0 Å². The summed E-state index contributed by atoms with van der Waals surface area (Å²) in [4.78, 5) is 10.8. The molecule has 0 saturated carbocycles. The normalized spacial score (nSPS) is 14.1. The van der Waals surface area contributed by atoms with E-state index in [1.807, 2.05) is 30.3 Å². The summed E-state index contributed by atoms with van der Waals surface area (Å²) in [5, 5.41) is 12.1. The first kappa shape index (κ1) is 13.1. The van der Waals surface area contributed by atoms with Crippen LogP contribution < -0.4 is 5.32 Å². The molecule has 1 rings (SSSR count). The van der Waals surface area contributed by atoms with Gasteiger partial charge in [0.05, 0.1) is 18.0 Å². The van der Waals surface area contributed by atoms with Crippen molar-refractivity contribution in [3.05, 3.63) is 35.9 Å². The van der Waals surface area contributed by atoms with Crippen LogP contribution in [0, 0.1) is 0 Å². The number of amides is 1. The molecule has 0 fully saturated rings. The first-order chi connectivity index (χ1) is 7.63. The van der Waals surface area contributed by atoms with Crippen molar-refractivity contribution >= 4 is 25.3 Å². The highest BCUT2D eigenvalue weighted by atomic mass is 35.5. The molecule has 16 heavy (non-hydrogen) atoms. The number of alkyl halides is 1. The Labute approximate surface area is 101 Å². The van der Waals surface area contributed by atoms with Crippen LogP contribution in [0.5, 0.6) is 0 Å². The smallest absolute Gasteiger partial charge is 0.200 e. The lowest BCUT2D eigenvalue weighted by Crippen LogP contribution is -2.45. The number of hydrogen-bond acceptors (Lipinski definition) is 2. The molecule has 0 unspecified atom stereocenters. The number of aliphatic hydroxyl groups is 1. The van der Waals surface area contributed by atoms with E-state index in [1.54, 1.807) is 0 Å². The number of nitrogens with one attached hydrogen (secondary N) is 1. The molecule has 0 heterocycles. The van der Waals surface area contributed by atoms with Crippen molar-refractivity contribution in [3.63, 3.8) is 0 Å². The molecule has 0 aliphatic rings. The van der Waals surface area contributed by atoms with Gasteiger partial charge in [0.1, 0.15) is 0 Å². The standard InChI is InChI=1S/C11H13BClNO2/c12-11(16)14-9(10(15)7-13)6-8-4-2-1-3-5-8/h1-5,9-10,15H,6-7H2,(H,14,16)/t9-,10+/m1/s1. The highest BCUT2D eigenvalue weighted by Gasteiger charge is 2.19. The Balaban J connectivity index is 2.67. The molecule has 84 valence electrons. The summed E-state index contributed by atoms with van der Waals surface area (Å²) >= 11 is 5.55. The van der Waals surface area contributed by atoms with E-state index in [-0.39, 0.29) is 5.88 Å². The van der Waals surface area contributed by atoms with Crippen LogP contribution in [0.1, 0.15) is 5.56 Å². The molecule has 0 aliphatic heterocycles. The average Bonchev–Trinajstić information content (AvgIpc) is 2.28. The topological polar surface area (TPSA) is 49.3 Å². The van der Waals surface area contributed by atoms with Gasteiger partial charge in [-0.15, -0.1) is 11.6 Å². The number of rotatable bonds is 5. The molecule has 0 spiro atoms. The fraction of sp³-hybridized carbons (Fsp3) is 0.364. The molecular weight excluding hydrogens is 224 g/mol. The predicted octanol–water partition coefficient (Wildman–Crippen LogP) is 1.08. The Kier molecular flexibility index (Phi) is 5.36. The maximum absolute atomic E-state index is 10.8. The quantitative estimate of drug-likeness (QED) is 0.595. The van der Waals surface area contributed by atoms with E-state index in [0.717, 1.165) is 5.56 Å². The third-order valence-corrected chi connectivity index (χ3v) is 2.56. The molecule has 0 aromatic heterocycles. The molecule has 0 aliphatic carbocycles. The van der Waals surface area contributed by atoms with Gasteiger partial charge in [-0.3, -0.25) is 4.79 Å². The highest BCUT2D eigenvalue weighted by Crippen LogP contribution is 2.07. The number of aliphatic hydroxyl groups excluding tert-OH is 1.